The van der Waals surface area contributed by atoms with Crippen LogP contribution in [0.3, 0.4) is 0 Å². The fourth-order valence-electron chi connectivity index (χ4n) is 1.99. The monoisotopic (exact) mass is 385 g/mol. The van der Waals surface area contributed by atoms with Crippen molar-refractivity contribution >= 4 is 39.0 Å². The van der Waals surface area contributed by atoms with Crippen LogP contribution in [0, 0.1) is 0 Å². The average Bonchev–Trinajstić information content (AvgIpc) is 3.10. The lowest BCUT2D eigenvalue weighted by molar-refractivity contribution is 0.0590. The summed E-state index contributed by atoms with van der Waals surface area (Å²) in [6.45, 7) is 0. The molecule has 8 nitrogen and oxygen atoms in total. The first-order chi connectivity index (χ1) is 11.8. The number of methoxy groups -OCH3 is 3. The molecule has 1 N–H and O–H groups in total. The summed E-state index contributed by atoms with van der Waals surface area (Å²) < 4.78 is 41.7. The zero-order valence-electron chi connectivity index (χ0n) is 13.6. The Kier molecular flexibility index (Phi) is 5.65. The topological polar surface area (TPSA) is 108 Å². The Labute approximate surface area is 148 Å². The molecule has 0 unspecified atom stereocenters. The predicted octanol–water partition coefficient (Wildman–Crippen LogP) is 2.13. The lowest BCUT2D eigenvalue weighted by atomic mass is 10.2. The lowest BCUT2D eigenvalue weighted by Crippen LogP contribution is -2.16. The van der Waals surface area contributed by atoms with E-state index in [0.29, 0.717) is 0 Å². The fourth-order valence-corrected chi connectivity index (χ4v) is 4.38. The zero-order chi connectivity index (χ0) is 18.6. The number of sulfonamides is 1. The number of carbonyl (C=O) groups excluding carboxylic acids is 2. The maximum atomic E-state index is 12.5. The summed E-state index contributed by atoms with van der Waals surface area (Å²) in [4.78, 5) is 23.1. The van der Waals surface area contributed by atoms with Gasteiger partial charge < -0.3 is 14.2 Å². The second kappa shape index (κ2) is 7.53. The summed E-state index contributed by atoms with van der Waals surface area (Å²) in [5, 5.41) is 1.47. The van der Waals surface area contributed by atoms with Crippen molar-refractivity contribution in [3.63, 3.8) is 0 Å². The molecular formula is C15H15NO7S2. The molecule has 2 rings (SSSR count). The Bertz CT molecular complexity index is 902. The standard InChI is InChI=1S/C15H15NO7S2/c1-21-11-8-9(4-5-10(11)14(17)22-2)16-25(19,20)12-6-7-24-13(12)15(18)23-3/h4-8,16H,1-3H3. The molecule has 0 amide bonds. The van der Waals surface area contributed by atoms with Gasteiger partial charge in [0.2, 0.25) is 0 Å². The van der Waals surface area contributed by atoms with Crippen LogP contribution < -0.4 is 9.46 Å². The van der Waals surface area contributed by atoms with Gasteiger partial charge in [0, 0.05) is 6.07 Å². The molecule has 25 heavy (non-hydrogen) atoms. The average molecular weight is 385 g/mol. The fraction of sp³-hybridized carbons (Fsp3) is 0.200. The van der Waals surface area contributed by atoms with Crippen molar-refractivity contribution in [3.8, 4) is 5.75 Å². The number of hydrogen-bond acceptors (Lipinski definition) is 8. The first kappa shape index (κ1) is 18.7. The Hall–Kier alpha value is -2.59. The van der Waals surface area contributed by atoms with E-state index in [0.717, 1.165) is 11.3 Å². The number of hydrogen-bond donors (Lipinski definition) is 1. The van der Waals surface area contributed by atoms with Crippen molar-refractivity contribution in [2.75, 3.05) is 26.1 Å². The molecule has 0 atom stereocenters. The van der Waals surface area contributed by atoms with Gasteiger partial charge in [-0.2, -0.15) is 0 Å². The molecule has 0 saturated heterocycles. The van der Waals surface area contributed by atoms with Gasteiger partial charge in [0.15, 0.2) is 0 Å². The third kappa shape index (κ3) is 3.91. The van der Waals surface area contributed by atoms with E-state index in [1.54, 1.807) is 0 Å². The van der Waals surface area contributed by atoms with Crippen LogP contribution in [-0.2, 0) is 19.5 Å². The summed E-state index contributed by atoms with van der Waals surface area (Å²) in [6, 6.07) is 5.40. The third-order valence-electron chi connectivity index (χ3n) is 3.15. The minimum absolute atomic E-state index is 0.0341. The van der Waals surface area contributed by atoms with Gasteiger partial charge in [-0.25, -0.2) is 18.0 Å². The van der Waals surface area contributed by atoms with E-state index in [1.807, 2.05) is 0 Å². The number of ether oxygens (including phenoxy) is 3. The molecule has 1 aromatic heterocycles. The van der Waals surface area contributed by atoms with Gasteiger partial charge in [-0.05, 0) is 23.6 Å². The first-order valence-electron chi connectivity index (χ1n) is 6.79. The highest BCUT2D eigenvalue weighted by Crippen LogP contribution is 2.28. The van der Waals surface area contributed by atoms with Crippen LogP contribution in [0.2, 0.25) is 0 Å². The highest BCUT2D eigenvalue weighted by molar-refractivity contribution is 7.93. The maximum absolute atomic E-state index is 12.5. The van der Waals surface area contributed by atoms with Crippen molar-refractivity contribution in [2.45, 2.75) is 4.90 Å². The molecule has 0 radical (unpaired) electrons. The molecule has 0 bridgehead atoms. The van der Waals surface area contributed by atoms with Gasteiger partial charge in [-0.15, -0.1) is 11.3 Å². The molecule has 0 aliphatic carbocycles. The Morgan fingerprint density at radius 2 is 1.72 bits per heavy atom. The van der Waals surface area contributed by atoms with Gasteiger partial charge in [-0.3, -0.25) is 4.72 Å². The summed E-state index contributed by atoms with van der Waals surface area (Å²) in [6.07, 6.45) is 0. The van der Waals surface area contributed by atoms with Crippen molar-refractivity contribution in [1.29, 1.82) is 0 Å². The van der Waals surface area contributed by atoms with Crippen LogP contribution in [0.15, 0.2) is 34.5 Å². The molecule has 0 saturated carbocycles. The summed E-state index contributed by atoms with van der Waals surface area (Å²) in [5.41, 5.74) is 0.310. The number of carbonyl (C=O) groups is 2. The lowest BCUT2D eigenvalue weighted by Gasteiger charge is -2.11. The van der Waals surface area contributed by atoms with Crippen LogP contribution in [0.5, 0.6) is 5.75 Å². The predicted molar refractivity (Wildman–Crippen MR) is 90.8 cm³/mol. The van der Waals surface area contributed by atoms with Crippen LogP contribution in [-0.4, -0.2) is 41.7 Å². The number of esters is 2. The second-order valence-electron chi connectivity index (χ2n) is 4.62. The van der Waals surface area contributed by atoms with E-state index in [9.17, 15) is 18.0 Å². The molecule has 1 heterocycles. The SMILES string of the molecule is COC(=O)c1ccc(NS(=O)(=O)c2ccsc2C(=O)OC)cc1OC. The number of anilines is 1. The van der Waals surface area contributed by atoms with E-state index < -0.39 is 22.0 Å². The summed E-state index contributed by atoms with van der Waals surface area (Å²) >= 11 is 0.957. The van der Waals surface area contributed by atoms with E-state index in [4.69, 9.17) is 4.74 Å². The second-order valence-corrected chi connectivity index (χ2v) is 7.18. The summed E-state index contributed by atoms with van der Waals surface area (Å²) in [5.74, 6) is -1.21. The van der Waals surface area contributed by atoms with E-state index in [1.165, 1.54) is 51.0 Å². The number of benzene rings is 1. The largest absolute Gasteiger partial charge is 0.496 e. The molecule has 1 aromatic carbocycles. The van der Waals surface area contributed by atoms with Crippen molar-refractivity contribution in [1.82, 2.24) is 0 Å². The minimum Gasteiger partial charge on any atom is -0.496 e. The minimum atomic E-state index is -4.03. The molecule has 0 aliphatic rings. The first-order valence-corrected chi connectivity index (χ1v) is 9.15. The quantitative estimate of drug-likeness (QED) is 0.759. The van der Waals surface area contributed by atoms with Crippen molar-refractivity contribution in [2.24, 2.45) is 0 Å². The van der Waals surface area contributed by atoms with Gasteiger partial charge in [0.25, 0.3) is 10.0 Å². The van der Waals surface area contributed by atoms with Crippen molar-refractivity contribution < 1.29 is 32.2 Å². The molecule has 0 spiro atoms. The maximum Gasteiger partial charge on any atom is 0.349 e. The number of rotatable bonds is 6. The van der Waals surface area contributed by atoms with E-state index in [2.05, 4.69) is 14.2 Å². The molecule has 10 heteroatoms. The Balaban J connectivity index is 2.37. The van der Waals surface area contributed by atoms with Gasteiger partial charge in [0.1, 0.15) is 21.1 Å². The Morgan fingerprint density at radius 1 is 1.04 bits per heavy atom. The summed E-state index contributed by atoms with van der Waals surface area (Å²) in [7, 11) is -0.296. The smallest absolute Gasteiger partial charge is 0.349 e. The Morgan fingerprint density at radius 3 is 2.32 bits per heavy atom. The van der Waals surface area contributed by atoms with Crippen LogP contribution in [0.1, 0.15) is 20.0 Å². The van der Waals surface area contributed by atoms with Gasteiger partial charge >= 0.3 is 11.9 Å². The van der Waals surface area contributed by atoms with Crippen LogP contribution >= 0.6 is 11.3 Å². The molecule has 0 fully saturated rings. The van der Waals surface area contributed by atoms with E-state index >= 15 is 0 Å². The highest BCUT2D eigenvalue weighted by Gasteiger charge is 2.25. The third-order valence-corrected chi connectivity index (χ3v) is 5.60. The number of thiophene rings is 1. The zero-order valence-corrected chi connectivity index (χ0v) is 15.2. The van der Waals surface area contributed by atoms with Crippen LogP contribution in [0.4, 0.5) is 5.69 Å². The number of nitrogens with one attached hydrogen (secondary N) is 1. The van der Waals surface area contributed by atoms with Gasteiger partial charge in [-0.1, -0.05) is 0 Å². The van der Waals surface area contributed by atoms with Crippen molar-refractivity contribution in [3.05, 3.63) is 40.1 Å². The highest BCUT2D eigenvalue weighted by atomic mass is 32.2. The molecule has 2 aromatic rings. The van der Waals surface area contributed by atoms with E-state index in [-0.39, 0.29) is 26.8 Å². The normalized spacial score (nSPS) is 10.8. The van der Waals surface area contributed by atoms with Crippen LogP contribution in [0.25, 0.3) is 0 Å². The molecule has 0 aliphatic heterocycles. The van der Waals surface area contributed by atoms with Gasteiger partial charge in [0.05, 0.1) is 27.0 Å². The molecular weight excluding hydrogens is 370 g/mol. The molecule has 134 valence electrons.